The summed E-state index contributed by atoms with van der Waals surface area (Å²) in [6.45, 7) is 5.14. The molecule has 1 aliphatic rings. The highest BCUT2D eigenvalue weighted by Gasteiger charge is 2.47. The summed E-state index contributed by atoms with van der Waals surface area (Å²) in [5, 5.41) is 15.0. The molecule has 10 heteroatoms. The number of benzene rings is 3. The van der Waals surface area contributed by atoms with E-state index in [4.69, 9.17) is 0 Å². The van der Waals surface area contributed by atoms with Crippen molar-refractivity contribution in [1.82, 2.24) is 10.6 Å². The van der Waals surface area contributed by atoms with E-state index in [0.29, 0.717) is 33.1 Å². The van der Waals surface area contributed by atoms with Crippen LogP contribution in [-0.2, 0) is 19.9 Å². The Morgan fingerprint density at radius 3 is 1.95 bits per heavy atom. The smallest absolute Gasteiger partial charge is 0.333 e. The highest BCUT2D eigenvalue weighted by atomic mass is 127. The number of rotatable bonds is 8. The van der Waals surface area contributed by atoms with E-state index in [1.165, 1.54) is 19.1 Å². The third-order valence-corrected chi connectivity index (χ3v) is 9.12. The van der Waals surface area contributed by atoms with Gasteiger partial charge in [-0.1, -0.05) is 81.3 Å². The van der Waals surface area contributed by atoms with Crippen LogP contribution >= 0.6 is 35.2 Å². The van der Waals surface area contributed by atoms with Gasteiger partial charge in [0.1, 0.15) is 17.2 Å². The molecule has 224 valence electrons. The van der Waals surface area contributed by atoms with Crippen molar-refractivity contribution >= 4 is 53.0 Å². The normalized spacial score (nSPS) is 16.0. The zero-order valence-corrected chi connectivity index (χ0v) is 26.7. The van der Waals surface area contributed by atoms with Crippen LogP contribution in [0.2, 0.25) is 0 Å². The second-order valence-corrected chi connectivity index (χ2v) is 12.5. The van der Waals surface area contributed by atoms with Gasteiger partial charge >= 0.3 is 5.97 Å². The summed E-state index contributed by atoms with van der Waals surface area (Å²) in [4.78, 5) is 38.5. The standard InChI is InChI=1S/C26H31FN2O4S.C6H4FI/c1-16(2)21(34)22(30)28-26(14-6-7-15-26)23(31)29-25(3,24(32)33)18-12-10-17(11-13-18)19-8-4-5-9-20(19)27;7-5-3-1-2-4-6(5)8/h4-5,8-13,16,21,34H,6-7,14-15H2,1-3H3,(H,28,30)(H,29,31)(H,32,33);1-4H. The van der Waals surface area contributed by atoms with Crippen LogP contribution in [0, 0.1) is 21.1 Å². The molecule has 1 aliphatic carbocycles. The fourth-order valence-electron chi connectivity index (χ4n) is 4.71. The van der Waals surface area contributed by atoms with Crippen LogP contribution in [0.4, 0.5) is 8.78 Å². The van der Waals surface area contributed by atoms with Crippen molar-refractivity contribution in [2.24, 2.45) is 5.92 Å². The summed E-state index contributed by atoms with van der Waals surface area (Å²) in [6.07, 6.45) is 2.33. The van der Waals surface area contributed by atoms with Gasteiger partial charge in [0.15, 0.2) is 5.54 Å². The molecule has 3 aromatic rings. The molecule has 6 nitrogen and oxygen atoms in total. The fourth-order valence-corrected chi connectivity index (χ4v) is 5.17. The Morgan fingerprint density at radius 2 is 1.48 bits per heavy atom. The minimum absolute atomic E-state index is 0.0258. The third kappa shape index (κ3) is 7.89. The number of nitrogens with one attached hydrogen (secondary N) is 2. The van der Waals surface area contributed by atoms with Crippen molar-refractivity contribution in [2.45, 2.75) is 62.8 Å². The first kappa shape index (κ1) is 33.5. The second kappa shape index (κ2) is 14.5. The molecule has 0 saturated heterocycles. The van der Waals surface area contributed by atoms with Crippen LogP contribution in [0.5, 0.6) is 0 Å². The molecule has 3 aromatic carbocycles. The molecule has 42 heavy (non-hydrogen) atoms. The average Bonchev–Trinajstić information content (AvgIpc) is 3.44. The predicted molar refractivity (Wildman–Crippen MR) is 171 cm³/mol. The quantitative estimate of drug-likeness (QED) is 0.154. The fraction of sp³-hybridized carbons (Fsp3) is 0.344. The van der Waals surface area contributed by atoms with Gasteiger partial charge in [0.25, 0.3) is 0 Å². The van der Waals surface area contributed by atoms with Gasteiger partial charge in [-0.25, -0.2) is 13.6 Å². The average molecular weight is 709 g/mol. The lowest BCUT2D eigenvalue weighted by Crippen LogP contribution is -2.63. The zero-order chi connectivity index (χ0) is 31.1. The van der Waals surface area contributed by atoms with E-state index >= 15 is 0 Å². The number of hydrogen-bond acceptors (Lipinski definition) is 4. The minimum atomic E-state index is -1.75. The Balaban J connectivity index is 0.000000521. The molecule has 2 amide bonds. The SMILES string of the molecule is CC(C)C(S)C(=O)NC1(C(=O)NC(C)(C(=O)O)c2ccc(-c3ccccc3F)cc2)CCCC1.Fc1ccccc1I. The Morgan fingerprint density at radius 1 is 0.929 bits per heavy atom. The molecule has 3 N–H and O–H groups in total. The molecule has 1 saturated carbocycles. The predicted octanol–water partition coefficient (Wildman–Crippen LogP) is 6.72. The summed E-state index contributed by atoms with van der Waals surface area (Å²) < 4.78 is 27.1. The van der Waals surface area contributed by atoms with Gasteiger partial charge in [-0.15, -0.1) is 0 Å². The first-order valence-electron chi connectivity index (χ1n) is 13.6. The number of carbonyl (C=O) groups excluding carboxylic acids is 2. The number of hydrogen-bond donors (Lipinski definition) is 4. The van der Waals surface area contributed by atoms with Crippen molar-refractivity contribution in [3.05, 3.63) is 93.6 Å². The lowest BCUT2D eigenvalue weighted by molar-refractivity contribution is -0.148. The largest absolute Gasteiger partial charge is 0.479 e. The Hall–Kier alpha value is -2.99. The number of aliphatic carboxylic acids is 1. The molecule has 0 heterocycles. The molecular formula is C32H35F2IN2O4S. The molecule has 0 aliphatic heterocycles. The van der Waals surface area contributed by atoms with E-state index in [1.807, 2.05) is 42.5 Å². The highest BCUT2D eigenvalue weighted by molar-refractivity contribution is 14.1. The highest BCUT2D eigenvalue weighted by Crippen LogP contribution is 2.33. The summed E-state index contributed by atoms with van der Waals surface area (Å²) in [6, 6.07) is 19.4. The van der Waals surface area contributed by atoms with Crippen LogP contribution in [0.1, 0.15) is 52.0 Å². The van der Waals surface area contributed by atoms with E-state index < -0.39 is 28.2 Å². The maximum absolute atomic E-state index is 14.1. The van der Waals surface area contributed by atoms with E-state index in [9.17, 15) is 28.3 Å². The molecule has 0 radical (unpaired) electrons. The minimum Gasteiger partial charge on any atom is -0.479 e. The summed E-state index contributed by atoms with van der Waals surface area (Å²) in [5.41, 5.74) is -1.61. The Bertz CT molecular complexity index is 1390. The molecule has 0 spiro atoms. The van der Waals surface area contributed by atoms with E-state index in [1.54, 1.807) is 54.6 Å². The molecule has 4 rings (SSSR count). The maximum Gasteiger partial charge on any atom is 0.333 e. The van der Waals surface area contributed by atoms with Crippen LogP contribution in [0.3, 0.4) is 0 Å². The first-order valence-corrected chi connectivity index (χ1v) is 15.2. The lowest BCUT2D eigenvalue weighted by atomic mass is 9.87. The van der Waals surface area contributed by atoms with E-state index in [0.717, 1.165) is 12.8 Å². The summed E-state index contributed by atoms with van der Waals surface area (Å²) >= 11 is 6.31. The molecule has 2 atom stereocenters. The summed E-state index contributed by atoms with van der Waals surface area (Å²) in [5.74, 6) is -2.68. The van der Waals surface area contributed by atoms with Gasteiger partial charge in [0.2, 0.25) is 11.8 Å². The number of thiol groups is 1. The lowest BCUT2D eigenvalue weighted by Gasteiger charge is -2.35. The van der Waals surface area contributed by atoms with E-state index in [2.05, 4.69) is 23.3 Å². The van der Waals surface area contributed by atoms with E-state index in [-0.39, 0.29) is 23.5 Å². The van der Waals surface area contributed by atoms with Gasteiger partial charge in [-0.05, 0) is 77.6 Å². The first-order chi connectivity index (χ1) is 19.8. The molecular weight excluding hydrogens is 673 g/mol. The Labute approximate surface area is 264 Å². The van der Waals surface area contributed by atoms with Crippen LogP contribution in [0.15, 0.2) is 72.8 Å². The summed E-state index contributed by atoms with van der Waals surface area (Å²) in [7, 11) is 0. The van der Waals surface area contributed by atoms with Gasteiger partial charge in [-0.2, -0.15) is 12.6 Å². The third-order valence-electron chi connectivity index (χ3n) is 7.42. The van der Waals surface area contributed by atoms with Gasteiger partial charge in [0.05, 0.1) is 5.25 Å². The van der Waals surface area contributed by atoms with Gasteiger partial charge < -0.3 is 15.7 Å². The molecule has 0 aromatic heterocycles. The molecule has 2 unspecified atom stereocenters. The van der Waals surface area contributed by atoms with Crippen molar-refractivity contribution in [1.29, 1.82) is 0 Å². The number of carboxylic acid groups (broad SMARTS) is 1. The number of halogens is 3. The number of carboxylic acids is 1. The van der Waals surface area contributed by atoms with Crippen molar-refractivity contribution in [2.75, 3.05) is 0 Å². The topological polar surface area (TPSA) is 95.5 Å². The van der Waals surface area contributed by atoms with Crippen molar-refractivity contribution in [3.63, 3.8) is 0 Å². The van der Waals surface area contributed by atoms with Crippen molar-refractivity contribution < 1.29 is 28.3 Å². The van der Waals surface area contributed by atoms with Gasteiger partial charge in [-0.3, -0.25) is 9.59 Å². The molecule has 0 bridgehead atoms. The van der Waals surface area contributed by atoms with Crippen LogP contribution in [0.25, 0.3) is 11.1 Å². The van der Waals surface area contributed by atoms with Crippen molar-refractivity contribution in [3.8, 4) is 11.1 Å². The van der Waals surface area contributed by atoms with Crippen LogP contribution in [-0.4, -0.2) is 33.7 Å². The number of amides is 2. The molecule has 1 fully saturated rings. The monoisotopic (exact) mass is 708 g/mol. The Kier molecular flexibility index (Phi) is 11.5. The van der Waals surface area contributed by atoms with Gasteiger partial charge in [0, 0.05) is 9.13 Å². The number of carbonyl (C=O) groups is 3. The van der Waals surface area contributed by atoms with Crippen LogP contribution < -0.4 is 10.6 Å². The second-order valence-electron chi connectivity index (χ2n) is 10.8. The zero-order valence-electron chi connectivity index (χ0n) is 23.7. The maximum atomic E-state index is 14.1.